The molecule has 4 rings (SSSR count). The van der Waals surface area contributed by atoms with Crippen LogP contribution in [0, 0.1) is 3.82 Å². The second-order valence-electron chi connectivity index (χ2n) is 7.93. The van der Waals surface area contributed by atoms with E-state index < -0.39 is 5.54 Å². The van der Waals surface area contributed by atoms with E-state index in [9.17, 15) is 4.79 Å². The molecule has 1 amide bonds. The van der Waals surface area contributed by atoms with Crippen LogP contribution in [0.4, 0.5) is 5.69 Å². The molecule has 1 saturated heterocycles. The third kappa shape index (κ3) is 3.95. The van der Waals surface area contributed by atoms with Gasteiger partial charge in [-0.2, -0.15) is 0 Å². The van der Waals surface area contributed by atoms with E-state index in [1.165, 1.54) is 31.0 Å². The largest absolute Gasteiger partial charge is 0.497 e. The molecule has 9 heteroatoms. The molecule has 1 aromatic carbocycles. The lowest BCUT2D eigenvalue weighted by atomic mass is 9.87. The van der Waals surface area contributed by atoms with Gasteiger partial charge in [0.25, 0.3) is 0 Å². The number of hydrogen-bond acceptors (Lipinski definition) is 7. The number of thioether (sulfide) groups is 1. The number of carbonyl (C=O) groups is 1. The van der Waals surface area contributed by atoms with E-state index in [0.717, 1.165) is 48.7 Å². The third-order valence-electron chi connectivity index (χ3n) is 5.64. The lowest BCUT2D eigenvalue weighted by Crippen LogP contribution is -2.48. The van der Waals surface area contributed by atoms with Crippen molar-refractivity contribution in [2.45, 2.75) is 38.6 Å². The summed E-state index contributed by atoms with van der Waals surface area (Å²) < 4.78 is 7.15. The van der Waals surface area contributed by atoms with Crippen molar-refractivity contribution >= 4 is 72.8 Å². The summed E-state index contributed by atoms with van der Waals surface area (Å²) in [5.74, 6) is 1.15. The van der Waals surface area contributed by atoms with Crippen LogP contribution in [0.3, 0.4) is 0 Å². The summed E-state index contributed by atoms with van der Waals surface area (Å²) in [5, 5.41) is 0. The summed E-state index contributed by atoms with van der Waals surface area (Å²) in [5.41, 5.74) is 2.46. The van der Waals surface area contributed by atoms with Crippen LogP contribution in [-0.4, -0.2) is 41.1 Å². The van der Waals surface area contributed by atoms with Crippen LogP contribution >= 0.6 is 56.9 Å². The number of benzene rings is 1. The molecule has 3 heterocycles. The maximum Gasteiger partial charge on any atom is 0.238 e. The molecule has 4 nitrogen and oxygen atoms in total. The number of hydrogen-bond donors (Lipinski definition) is 0. The Morgan fingerprint density at radius 2 is 1.97 bits per heavy atom. The van der Waals surface area contributed by atoms with Crippen molar-refractivity contribution in [1.82, 2.24) is 4.90 Å². The van der Waals surface area contributed by atoms with Crippen LogP contribution in [0.25, 0.3) is 11.1 Å². The molecule has 30 heavy (non-hydrogen) atoms. The van der Waals surface area contributed by atoms with Crippen LogP contribution in [0.15, 0.2) is 18.2 Å². The minimum Gasteiger partial charge on any atom is -0.497 e. The van der Waals surface area contributed by atoms with Crippen LogP contribution in [0.2, 0.25) is 0 Å². The fourth-order valence-corrected chi connectivity index (χ4v) is 8.52. The minimum absolute atomic E-state index is 0.0609. The fraction of sp³-hybridized carbons (Fsp3) is 0.476. The highest BCUT2D eigenvalue weighted by atomic mass is 32.9. The lowest BCUT2D eigenvalue weighted by Gasteiger charge is -2.43. The summed E-state index contributed by atoms with van der Waals surface area (Å²) in [6, 6.07) is 5.87. The van der Waals surface area contributed by atoms with E-state index in [4.69, 9.17) is 29.2 Å². The Morgan fingerprint density at radius 3 is 2.67 bits per heavy atom. The zero-order valence-electron chi connectivity index (χ0n) is 17.2. The molecular formula is C21H24N2O2S5. The van der Waals surface area contributed by atoms with Crippen molar-refractivity contribution in [3.05, 3.63) is 26.9 Å². The van der Waals surface area contributed by atoms with Gasteiger partial charge in [0.2, 0.25) is 5.91 Å². The first-order chi connectivity index (χ1) is 14.3. The Bertz CT molecular complexity index is 1040. The van der Waals surface area contributed by atoms with Gasteiger partial charge < -0.3 is 14.5 Å². The van der Waals surface area contributed by atoms with Gasteiger partial charge in [-0.1, -0.05) is 56.9 Å². The Balaban J connectivity index is 1.65. The Hall–Kier alpha value is -1.00. The van der Waals surface area contributed by atoms with E-state index in [0.29, 0.717) is 5.75 Å². The minimum atomic E-state index is -0.473. The fourth-order valence-electron chi connectivity index (χ4n) is 4.14. The number of fused-ring (bicyclic) bond motifs is 3. The van der Waals surface area contributed by atoms with Crippen LogP contribution < -0.4 is 9.64 Å². The topological polar surface area (TPSA) is 32.8 Å². The van der Waals surface area contributed by atoms with E-state index in [1.54, 1.807) is 27.8 Å². The molecule has 0 spiro atoms. The number of rotatable bonds is 3. The number of ether oxygens (including phenoxy) is 1. The Labute approximate surface area is 199 Å². The van der Waals surface area contributed by atoms with Gasteiger partial charge in [0.1, 0.15) is 13.9 Å². The highest BCUT2D eigenvalue weighted by Crippen LogP contribution is 2.52. The highest BCUT2D eigenvalue weighted by Gasteiger charge is 2.43. The quantitative estimate of drug-likeness (QED) is 0.366. The zero-order valence-corrected chi connectivity index (χ0v) is 21.3. The number of anilines is 1. The normalized spacial score (nSPS) is 17.3. The first-order valence-electron chi connectivity index (χ1n) is 9.91. The Morgan fingerprint density at radius 1 is 1.23 bits per heavy atom. The molecule has 0 saturated carbocycles. The number of likely N-dealkylation sites (tertiary alicyclic amines) is 1. The predicted octanol–water partition coefficient (Wildman–Crippen LogP) is 6.30. The molecule has 0 aliphatic carbocycles. The van der Waals surface area contributed by atoms with Crippen LogP contribution in [-0.2, 0) is 10.3 Å². The van der Waals surface area contributed by atoms with Gasteiger partial charge in [-0.25, -0.2) is 0 Å². The molecule has 2 aliphatic rings. The van der Waals surface area contributed by atoms with Gasteiger partial charge in [0, 0.05) is 24.2 Å². The lowest BCUT2D eigenvalue weighted by molar-refractivity contribution is -0.117. The van der Waals surface area contributed by atoms with Gasteiger partial charge in [-0.3, -0.25) is 4.79 Å². The number of nitrogens with zero attached hydrogens (tertiary/aromatic N) is 2. The standard InChI is InChI=1S/C21H24N2O2S5/c1-21(2)18-17(19(26)30-29-18)14-11-13(25-3)7-8-15(14)23(21)16(24)12-28-20(27)22-9-5-4-6-10-22/h7-8,11H,4-6,9-10,12H2,1-3H3. The van der Waals surface area contributed by atoms with Crippen molar-refractivity contribution in [3.63, 3.8) is 0 Å². The molecule has 0 bridgehead atoms. The molecule has 2 aliphatic heterocycles. The molecule has 0 radical (unpaired) electrons. The second kappa shape index (κ2) is 8.86. The third-order valence-corrected chi connectivity index (χ3v) is 10.5. The average molecular weight is 497 g/mol. The van der Waals surface area contributed by atoms with E-state index >= 15 is 0 Å². The summed E-state index contributed by atoms with van der Waals surface area (Å²) in [7, 11) is 4.92. The molecule has 1 aromatic heterocycles. The van der Waals surface area contributed by atoms with E-state index in [1.807, 2.05) is 23.1 Å². The van der Waals surface area contributed by atoms with E-state index in [2.05, 4.69) is 18.7 Å². The molecular weight excluding hydrogens is 473 g/mol. The average Bonchev–Trinajstić information content (AvgIpc) is 3.15. The molecule has 0 N–H and O–H groups in total. The maximum absolute atomic E-state index is 13.5. The number of amides is 1. The van der Waals surface area contributed by atoms with Crippen molar-refractivity contribution < 1.29 is 9.53 Å². The van der Waals surface area contributed by atoms with Gasteiger partial charge in [-0.15, -0.1) is 0 Å². The maximum atomic E-state index is 13.5. The number of methoxy groups -OCH3 is 1. The SMILES string of the molecule is COc1ccc2c(c1)-c1c(ssc1=S)C(C)(C)N2C(=O)CSC(=S)N1CCCCC1. The second-order valence-corrected chi connectivity index (χ2v) is 12.4. The summed E-state index contributed by atoms with van der Waals surface area (Å²) in [6.45, 7) is 6.20. The summed E-state index contributed by atoms with van der Waals surface area (Å²) in [6.07, 6.45) is 3.61. The smallest absolute Gasteiger partial charge is 0.238 e. The van der Waals surface area contributed by atoms with E-state index in [-0.39, 0.29) is 5.91 Å². The first kappa shape index (κ1) is 22.2. The van der Waals surface area contributed by atoms with Crippen molar-refractivity contribution in [1.29, 1.82) is 0 Å². The molecule has 1 fully saturated rings. The number of thiocarbonyl (C=S) groups is 1. The van der Waals surface area contributed by atoms with Crippen molar-refractivity contribution in [2.75, 3.05) is 30.9 Å². The molecule has 0 unspecified atom stereocenters. The number of piperidine rings is 1. The predicted molar refractivity (Wildman–Crippen MR) is 136 cm³/mol. The van der Waals surface area contributed by atoms with Gasteiger partial charge in [0.05, 0.1) is 29.0 Å². The van der Waals surface area contributed by atoms with Crippen molar-refractivity contribution in [3.8, 4) is 16.9 Å². The molecule has 2 aromatic rings. The first-order valence-corrected chi connectivity index (χ1v) is 13.9. The summed E-state index contributed by atoms with van der Waals surface area (Å²) in [4.78, 5) is 18.8. The van der Waals surface area contributed by atoms with Crippen LogP contribution in [0.5, 0.6) is 5.75 Å². The molecule has 160 valence electrons. The van der Waals surface area contributed by atoms with Gasteiger partial charge in [-0.05, 0) is 51.3 Å². The highest BCUT2D eigenvalue weighted by molar-refractivity contribution is 8.23. The monoisotopic (exact) mass is 496 g/mol. The van der Waals surface area contributed by atoms with Crippen LogP contribution in [0.1, 0.15) is 38.0 Å². The summed E-state index contributed by atoms with van der Waals surface area (Å²) >= 11 is 12.8. The van der Waals surface area contributed by atoms with Gasteiger partial charge >= 0.3 is 0 Å². The molecule has 0 atom stereocenters. The van der Waals surface area contributed by atoms with Crippen molar-refractivity contribution in [2.24, 2.45) is 0 Å². The zero-order chi connectivity index (χ0) is 21.5. The van der Waals surface area contributed by atoms with Gasteiger partial charge in [0.15, 0.2) is 0 Å². The Kier molecular flexibility index (Phi) is 6.56. The number of carbonyl (C=O) groups excluding carboxylic acids is 1.